The van der Waals surface area contributed by atoms with Crippen molar-refractivity contribution in [1.82, 2.24) is 10.1 Å². The normalized spacial score (nSPS) is 30.8. The van der Waals surface area contributed by atoms with Gasteiger partial charge < -0.3 is 9.26 Å². The molecular weight excluding hydrogens is 220 g/mol. The second-order valence-corrected chi connectivity index (χ2v) is 4.81. The van der Waals surface area contributed by atoms with E-state index < -0.39 is 5.97 Å². The molecule has 1 heterocycles. The van der Waals surface area contributed by atoms with Crippen LogP contribution in [0.3, 0.4) is 0 Å². The standard InChI is InChI=1S/C12H16N2O3/c1-2-16-12(15)10-13-11(17-14-10)9-7-5-3-4-6-8(7)9/h7-9H,2-6H2,1H3. The largest absolute Gasteiger partial charge is 0.460 e. The van der Waals surface area contributed by atoms with Gasteiger partial charge in [-0.15, -0.1) is 0 Å². The van der Waals surface area contributed by atoms with Crippen LogP contribution >= 0.6 is 0 Å². The quantitative estimate of drug-likeness (QED) is 0.752. The number of aromatic nitrogens is 2. The smallest absolute Gasteiger partial charge is 0.379 e. The number of hydrogen-bond donors (Lipinski definition) is 0. The van der Waals surface area contributed by atoms with Gasteiger partial charge in [0.05, 0.1) is 6.61 Å². The summed E-state index contributed by atoms with van der Waals surface area (Å²) in [4.78, 5) is 15.6. The Bertz CT molecular complexity index is 417. The minimum Gasteiger partial charge on any atom is -0.460 e. The molecule has 0 amide bonds. The molecule has 0 aromatic carbocycles. The van der Waals surface area contributed by atoms with Crippen molar-refractivity contribution in [3.63, 3.8) is 0 Å². The van der Waals surface area contributed by atoms with E-state index in [0.29, 0.717) is 30.3 Å². The van der Waals surface area contributed by atoms with E-state index in [2.05, 4.69) is 10.1 Å². The number of nitrogens with zero attached hydrogens (tertiary/aromatic N) is 2. The molecule has 2 aliphatic rings. The van der Waals surface area contributed by atoms with Gasteiger partial charge in [-0.25, -0.2) is 4.79 Å². The molecule has 5 heteroatoms. The van der Waals surface area contributed by atoms with Gasteiger partial charge >= 0.3 is 5.97 Å². The zero-order valence-corrected chi connectivity index (χ0v) is 9.89. The zero-order valence-electron chi connectivity index (χ0n) is 9.89. The van der Waals surface area contributed by atoms with E-state index in [1.165, 1.54) is 25.7 Å². The van der Waals surface area contributed by atoms with Crippen LogP contribution in [-0.4, -0.2) is 22.7 Å². The lowest BCUT2D eigenvalue weighted by atomic mass is 10.0. The molecule has 2 fully saturated rings. The summed E-state index contributed by atoms with van der Waals surface area (Å²) >= 11 is 0. The van der Waals surface area contributed by atoms with Gasteiger partial charge in [-0.2, -0.15) is 4.98 Å². The van der Waals surface area contributed by atoms with Gasteiger partial charge in [0.25, 0.3) is 5.82 Å². The molecule has 3 rings (SSSR count). The number of carbonyl (C=O) groups is 1. The maximum absolute atomic E-state index is 11.4. The summed E-state index contributed by atoms with van der Waals surface area (Å²) in [6.45, 7) is 2.09. The number of ether oxygens (including phenoxy) is 1. The minimum absolute atomic E-state index is 0.0606. The van der Waals surface area contributed by atoms with Crippen LogP contribution in [0.2, 0.25) is 0 Å². The lowest BCUT2D eigenvalue weighted by Crippen LogP contribution is -2.06. The highest BCUT2D eigenvalue weighted by Crippen LogP contribution is 2.60. The Morgan fingerprint density at radius 2 is 2.12 bits per heavy atom. The van der Waals surface area contributed by atoms with Crippen LogP contribution in [0, 0.1) is 11.8 Å². The van der Waals surface area contributed by atoms with Gasteiger partial charge in [0, 0.05) is 5.92 Å². The Balaban J connectivity index is 1.71. The van der Waals surface area contributed by atoms with Crippen molar-refractivity contribution in [2.24, 2.45) is 11.8 Å². The Labute approximate surface area is 99.5 Å². The maximum Gasteiger partial charge on any atom is 0.379 e. The van der Waals surface area contributed by atoms with Gasteiger partial charge in [0.2, 0.25) is 5.89 Å². The molecule has 2 unspecified atom stereocenters. The molecule has 5 nitrogen and oxygen atoms in total. The summed E-state index contributed by atoms with van der Waals surface area (Å²) in [7, 11) is 0. The molecule has 0 aliphatic heterocycles. The fourth-order valence-corrected chi connectivity index (χ4v) is 3.01. The number of rotatable bonds is 3. The minimum atomic E-state index is -0.494. The summed E-state index contributed by atoms with van der Waals surface area (Å²) < 4.78 is 10.0. The first-order chi connectivity index (χ1) is 8.31. The number of fused-ring (bicyclic) bond motifs is 1. The Morgan fingerprint density at radius 3 is 2.76 bits per heavy atom. The second-order valence-electron chi connectivity index (χ2n) is 4.81. The number of esters is 1. The molecule has 0 N–H and O–H groups in total. The maximum atomic E-state index is 11.4. The Morgan fingerprint density at radius 1 is 1.41 bits per heavy atom. The van der Waals surface area contributed by atoms with Crippen LogP contribution in [0.15, 0.2) is 4.52 Å². The SMILES string of the molecule is CCOC(=O)c1noc(C2C3CCCCC32)n1. The highest BCUT2D eigenvalue weighted by Gasteiger charge is 2.54. The molecule has 17 heavy (non-hydrogen) atoms. The van der Waals surface area contributed by atoms with E-state index in [9.17, 15) is 4.79 Å². The molecule has 2 atom stereocenters. The highest BCUT2D eigenvalue weighted by molar-refractivity contribution is 5.84. The Hall–Kier alpha value is -1.39. The first kappa shape index (κ1) is 10.7. The molecule has 1 aromatic heterocycles. The van der Waals surface area contributed by atoms with Crippen LogP contribution in [0.25, 0.3) is 0 Å². The average Bonchev–Trinajstić information content (AvgIpc) is 2.86. The Kier molecular flexibility index (Phi) is 2.61. The highest BCUT2D eigenvalue weighted by atomic mass is 16.5. The fraction of sp³-hybridized carbons (Fsp3) is 0.750. The molecule has 1 aromatic rings. The van der Waals surface area contributed by atoms with Gasteiger partial charge in [-0.1, -0.05) is 12.8 Å². The molecule has 0 bridgehead atoms. The third-order valence-corrected chi connectivity index (χ3v) is 3.84. The topological polar surface area (TPSA) is 65.2 Å². The molecule has 0 spiro atoms. The third kappa shape index (κ3) is 1.83. The van der Waals surface area contributed by atoms with Crippen molar-refractivity contribution >= 4 is 5.97 Å². The summed E-state index contributed by atoms with van der Waals surface area (Å²) in [6, 6.07) is 0. The van der Waals surface area contributed by atoms with E-state index in [4.69, 9.17) is 9.26 Å². The van der Waals surface area contributed by atoms with Gasteiger partial charge in [0.15, 0.2) is 0 Å². The van der Waals surface area contributed by atoms with Crippen molar-refractivity contribution < 1.29 is 14.1 Å². The first-order valence-corrected chi connectivity index (χ1v) is 6.32. The second kappa shape index (κ2) is 4.13. The predicted octanol–water partition coefficient (Wildman–Crippen LogP) is 2.15. The number of hydrogen-bond acceptors (Lipinski definition) is 5. The summed E-state index contributed by atoms with van der Waals surface area (Å²) in [6.07, 6.45) is 5.12. The summed E-state index contributed by atoms with van der Waals surface area (Å²) in [5.74, 6) is 2.01. The monoisotopic (exact) mass is 236 g/mol. The van der Waals surface area contributed by atoms with E-state index in [1.54, 1.807) is 6.92 Å². The van der Waals surface area contributed by atoms with Crippen LogP contribution < -0.4 is 0 Å². The molecular formula is C12H16N2O3. The van der Waals surface area contributed by atoms with Crippen molar-refractivity contribution in [2.45, 2.75) is 38.5 Å². The van der Waals surface area contributed by atoms with Crippen LogP contribution in [-0.2, 0) is 4.74 Å². The predicted molar refractivity (Wildman–Crippen MR) is 58.4 cm³/mol. The molecule has 2 saturated carbocycles. The summed E-state index contributed by atoms with van der Waals surface area (Å²) in [5.41, 5.74) is 0. The molecule has 2 aliphatic carbocycles. The van der Waals surface area contributed by atoms with Gasteiger partial charge in [-0.05, 0) is 36.8 Å². The van der Waals surface area contributed by atoms with Crippen molar-refractivity contribution in [2.75, 3.05) is 6.61 Å². The lowest BCUT2D eigenvalue weighted by molar-refractivity contribution is 0.0508. The van der Waals surface area contributed by atoms with Crippen LogP contribution in [0.5, 0.6) is 0 Å². The van der Waals surface area contributed by atoms with Gasteiger partial charge in [-0.3, -0.25) is 0 Å². The van der Waals surface area contributed by atoms with Gasteiger partial charge in [0.1, 0.15) is 0 Å². The number of carbonyl (C=O) groups excluding carboxylic acids is 1. The first-order valence-electron chi connectivity index (χ1n) is 6.32. The van der Waals surface area contributed by atoms with E-state index in [0.717, 1.165) is 0 Å². The third-order valence-electron chi connectivity index (χ3n) is 3.84. The van der Waals surface area contributed by atoms with E-state index >= 15 is 0 Å². The van der Waals surface area contributed by atoms with Crippen LogP contribution in [0.1, 0.15) is 55.0 Å². The molecule has 0 saturated heterocycles. The summed E-state index contributed by atoms with van der Waals surface area (Å²) in [5, 5.41) is 3.69. The lowest BCUT2D eigenvalue weighted by Gasteiger charge is -2.04. The zero-order chi connectivity index (χ0) is 11.8. The fourth-order valence-electron chi connectivity index (χ4n) is 3.01. The molecule has 0 radical (unpaired) electrons. The van der Waals surface area contributed by atoms with Crippen LogP contribution in [0.4, 0.5) is 0 Å². The van der Waals surface area contributed by atoms with E-state index in [-0.39, 0.29) is 5.82 Å². The van der Waals surface area contributed by atoms with E-state index in [1.807, 2.05) is 0 Å². The average molecular weight is 236 g/mol. The van der Waals surface area contributed by atoms with Crippen molar-refractivity contribution in [3.8, 4) is 0 Å². The molecule has 92 valence electrons. The van der Waals surface area contributed by atoms with Crippen molar-refractivity contribution in [1.29, 1.82) is 0 Å². The van der Waals surface area contributed by atoms with Crippen molar-refractivity contribution in [3.05, 3.63) is 11.7 Å².